The van der Waals surface area contributed by atoms with E-state index in [0.29, 0.717) is 0 Å². The van der Waals surface area contributed by atoms with Crippen LogP contribution in [0.15, 0.2) is 33.8 Å². The highest BCUT2D eigenvalue weighted by Gasteiger charge is 2.01. The van der Waals surface area contributed by atoms with Crippen molar-refractivity contribution >= 4 is 38.6 Å². The van der Waals surface area contributed by atoms with Crippen molar-refractivity contribution in [1.29, 1.82) is 0 Å². The van der Waals surface area contributed by atoms with Gasteiger partial charge in [0.05, 0.1) is 10.5 Å². The first-order valence-corrected chi connectivity index (χ1v) is 5.64. The number of fused-ring (bicyclic) bond motifs is 1. The van der Waals surface area contributed by atoms with Gasteiger partial charge in [0.15, 0.2) is 0 Å². The second kappa shape index (κ2) is 3.15. The Morgan fingerprint density at radius 3 is 2.92 bits per heavy atom. The van der Waals surface area contributed by atoms with Crippen molar-refractivity contribution in [2.75, 3.05) is 6.26 Å². The van der Waals surface area contributed by atoms with Crippen LogP contribution in [0.1, 0.15) is 0 Å². The molecular formula is C9H8BrNS. The smallest absolute Gasteiger partial charge is 0.0730 e. The fraction of sp³-hybridized carbons (Fsp3) is 0.111. The topological polar surface area (TPSA) is 15.8 Å². The van der Waals surface area contributed by atoms with Crippen LogP contribution < -0.4 is 0 Å². The van der Waals surface area contributed by atoms with Crippen LogP contribution in [0, 0.1) is 0 Å². The van der Waals surface area contributed by atoms with E-state index in [0.717, 1.165) is 4.47 Å². The summed E-state index contributed by atoms with van der Waals surface area (Å²) in [6, 6.07) is 8.36. The van der Waals surface area contributed by atoms with Gasteiger partial charge in [0.25, 0.3) is 0 Å². The van der Waals surface area contributed by atoms with Crippen molar-refractivity contribution in [1.82, 2.24) is 4.98 Å². The molecule has 0 unspecified atom stereocenters. The van der Waals surface area contributed by atoms with E-state index < -0.39 is 0 Å². The highest BCUT2D eigenvalue weighted by molar-refractivity contribution is 9.10. The first-order chi connectivity index (χ1) is 5.81. The molecule has 0 amide bonds. The van der Waals surface area contributed by atoms with Crippen LogP contribution in [0.5, 0.6) is 0 Å². The first-order valence-electron chi connectivity index (χ1n) is 3.62. The standard InChI is InChI=1S/C9H8BrNS/c1-12-8-5-6-3-2-4-7(10)9(6)11-8/h2-5,11H,1H3. The van der Waals surface area contributed by atoms with Crippen LogP contribution in [-0.2, 0) is 0 Å². The quantitative estimate of drug-likeness (QED) is 0.754. The molecule has 3 heteroatoms. The van der Waals surface area contributed by atoms with Gasteiger partial charge in [-0.3, -0.25) is 0 Å². The van der Waals surface area contributed by atoms with Crippen LogP contribution in [0.2, 0.25) is 0 Å². The number of para-hydroxylation sites is 1. The molecular weight excluding hydrogens is 234 g/mol. The molecule has 1 aromatic heterocycles. The Hall–Kier alpha value is -0.410. The zero-order chi connectivity index (χ0) is 8.55. The Labute approximate surface area is 83.7 Å². The Kier molecular flexibility index (Phi) is 2.15. The predicted molar refractivity (Wildman–Crippen MR) is 57.8 cm³/mol. The van der Waals surface area contributed by atoms with Crippen molar-refractivity contribution in [3.05, 3.63) is 28.7 Å². The average molecular weight is 242 g/mol. The normalized spacial score (nSPS) is 10.8. The van der Waals surface area contributed by atoms with E-state index in [2.05, 4.69) is 39.3 Å². The Balaban J connectivity index is 2.74. The van der Waals surface area contributed by atoms with Gasteiger partial charge in [-0.05, 0) is 34.3 Å². The van der Waals surface area contributed by atoms with Crippen LogP contribution >= 0.6 is 27.7 Å². The van der Waals surface area contributed by atoms with Gasteiger partial charge >= 0.3 is 0 Å². The van der Waals surface area contributed by atoms with E-state index in [1.807, 2.05) is 12.1 Å². The molecule has 0 spiro atoms. The molecule has 1 N–H and O–H groups in total. The summed E-state index contributed by atoms with van der Waals surface area (Å²) in [6.45, 7) is 0. The fourth-order valence-electron chi connectivity index (χ4n) is 1.20. The molecule has 62 valence electrons. The molecule has 2 aromatic rings. The molecule has 0 saturated carbocycles. The second-order valence-electron chi connectivity index (χ2n) is 2.54. The molecule has 1 heterocycles. The molecule has 0 aliphatic rings. The first kappa shape index (κ1) is 8.20. The maximum atomic E-state index is 3.50. The maximum absolute atomic E-state index is 3.50. The summed E-state index contributed by atoms with van der Waals surface area (Å²) in [6.07, 6.45) is 2.07. The number of H-pyrrole nitrogens is 1. The van der Waals surface area contributed by atoms with E-state index in [1.54, 1.807) is 11.8 Å². The third-order valence-electron chi connectivity index (χ3n) is 1.80. The summed E-state index contributed by atoms with van der Waals surface area (Å²) in [7, 11) is 0. The van der Waals surface area contributed by atoms with E-state index in [1.165, 1.54) is 15.9 Å². The Bertz CT molecular complexity index is 408. The molecule has 0 fully saturated rings. The minimum Gasteiger partial charge on any atom is -0.349 e. The summed E-state index contributed by atoms with van der Waals surface area (Å²) in [4.78, 5) is 3.33. The summed E-state index contributed by atoms with van der Waals surface area (Å²) in [5.74, 6) is 0. The lowest BCUT2D eigenvalue weighted by molar-refractivity contribution is 1.24. The minimum atomic E-state index is 1.13. The highest BCUT2D eigenvalue weighted by atomic mass is 79.9. The second-order valence-corrected chi connectivity index (χ2v) is 4.24. The van der Waals surface area contributed by atoms with Crippen molar-refractivity contribution in [3.8, 4) is 0 Å². The Morgan fingerprint density at radius 2 is 2.25 bits per heavy atom. The summed E-state index contributed by atoms with van der Waals surface area (Å²) >= 11 is 5.23. The van der Waals surface area contributed by atoms with Gasteiger partial charge in [-0.1, -0.05) is 12.1 Å². The number of hydrogen-bond donors (Lipinski definition) is 1. The third-order valence-corrected chi connectivity index (χ3v) is 3.12. The molecule has 2 rings (SSSR count). The van der Waals surface area contributed by atoms with Gasteiger partial charge in [-0.2, -0.15) is 0 Å². The van der Waals surface area contributed by atoms with Crippen LogP contribution in [-0.4, -0.2) is 11.2 Å². The summed E-state index contributed by atoms with van der Waals surface area (Å²) in [5, 5.41) is 2.46. The number of thioether (sulfide) groups is 1. The minimum absolute atomic E-state index is 1.13. The van der Waals surface area contributed by atoms with Gasteiger partial charge in [0.2, 0.25) is 0 Å². The van der Waals surface area contributed by atoms with Crippen LogP contribution in [0.4, 0.5) is 0 Å². The number of benzene rings is 1. The molecule has 0 aliphatic heterocycles. The Morgan fingerprint density at radius 1 is 1.42 bits per heavy atom. The SMILES string of the molecule is CSc1cc2cccc(Br)c2[nH]1. The zero-order valence-corrected chi connectivity index (χ0v) is 9.00. The highest BCUT2D eigenvalue weighted by Crippen LogP contribution is 2.26. The molecule has 0 radical (unpaired) electrons. The van der Waals surface area contributed by atoms with Crippen LogP contribution in [0.3, 0.4) is 0 Å². The number of rotatable bonds is 1. The number of aromatic amines is 1. The van der Waals surface area contributed by atoms with Gasteiger partial charge in [-0.25, -0.2) is 0 Å². The van der Waals surface area contributed by atoms with E-state index >= 15 is 0 Å². The van der Waals surface area contributed by atoms with E-state index in [4.69, 9.17) is 0 Å². The summed E-state index contributed by atoms with van der Waals surface area (Å²) < 4.78 is 1.13. The maximum Gasteiger partial charge on any atom is 0.0730 e. The number of nitrogens with one attached hydrogen (secondary N) is 1. The molecule has 0 atom stereocenters. The van der Waals surface area contributed by atoms with Gasteiger partial charge in [0, 0.05) is 9.86 Å². The van der Waals surface area contributed by atoms with Gasteiger partial charge in [0.1, 0.15) is 0 Å². The summed E-state index contributed by atoms with van der Waals surface area (Å²) in [5.41, 5.74) is 1.18. The van der Waals surface area contributed by atoms with Crippen molar-refractivity contribution < 1.29 is 0 Å². The average Bonchev–Trinajstić information content (AvgIpc) is 2.49. The van der Waals surface area contributed by atoms with E-state index in [9.17, 15) is 0 Å². The molecule has 0 saturated heterocycles. The molecule has 12 heavy (non-hydrogen) atoms. The van der Waals surface area contributed by atoms with Crippen molar-refractivity contribution in [2.45, 2.75) is 5.03 Å². The molecule has 1 aromatic carbocycles. The van der Waals surface area contributed by atoms with Gasteiger partial charge in [-0.15, -0.1) is 11.8 Å². The number of hydrogen-bond acceptors (Lipinski definition) is 1. The third kappa shape index (κ3) is 1.27. The molecule has 0 aliphatic carbocycles. The van der Waals surface area contributed by atoms with E-state index in [-0.39, 0.29) is 0 Å². The van der Waals surface area contributed by atoms with Crippen molar-refractivity contribution in [3.63, 3.8) is 0 Å². The zero-order valence-electron chi connectivity index (χ0n) is 6.60. The number of halogens is 1. The lowest BCUT2D eigenvalue weighted by Gasteiger charge is -1.91. The lowest BCUT2D eigenvalue weighted by atomic mass is 10.3. The predicted octanol–water partition coefficient (Wildman–Crippen LogP) is 3.65. The number of aromatic nitrogens is 1. The van der Waals surface area contributed by atoms with Crippen LogP contribution in [0.25, 0.3) is 10.9 Å². The van der Waals surface area contributed by atoms with Gasteiger partial charge < -0.3 is 4.98 Å². The van der Waals surface area contributed by atoms with Crippen molar-refractivity contribution in [2.24, 2.45) is 0 Å². The lowest BCUT2D eigenvalue weighted by Crippen LogP contribution is -1.69. The largest absolute Gasteiger partial charge is 0.349 e. The monoisotopic (exact) mass is 241 g/mol. The molecule has 0 bridgehead atoms. The fourth-order valence-corrected chi connectivity index (χ4v) is 2.13. The molecule has 1 nitrogen and oxygen atoms in total.